The zero-order chi connectivity index (χ0) is 21.6. The zero-order valence-electron chi connectivity index (χ0n) is 17.7. The smallest absolute Gasteiger partial charge is 0.195 e. The lowest BCUT2D eigenvalue weighted by molar-refractivity contribution is 0.105. The number of benzene rings is 3. The van der Waals surface area contributed by atoms with Gasteiger partial charge in [0.15, 0.2) is 5.78 Å². The summed E-state index contributed by atoms with van der Waals surface area (Å²) in [6, 6.07) is 29.0. The lowest BCUT2D eigenvalue weighted by Crippen LogP contribution is -2.09. The summed E-state index contributed by atoms with van der Waals surface area (Å²) in [5, 5.41) is 1.11. The Hall–Kier alpha value is -3.92. The number of aromatic nitrogens is 1. The van der Waals surface area contributed by atoms with Gasteiger partial charge in [-0.2, -0.15) is 0 Å². The first-order valence-corrected chi connectivity index (χ1v) is 10.2. The Kier molecular flexibility index (Phi) is 6.08. The minimum absolute atomic E-state index is 0.0253. The van der Waals surface area contributed by atoms with Crippen LogP contribution in [0.4, 0.5) is 0 Å². The number of para-hydroxylation sites is 1. The van der Waals surface area contributed by atoms with Crippen LogP contribution in [0, 0.1) is 0 Å². The maximum atomic E-state index is 13.2. The first-order valence-electron chi connectivity index (χ1n) is 10.2. The predicted octanol–water partition coefficient (Wildman–Crippen LogP) is 5.60. The number of nitrogens with zero attached hydrogens (tertiary/aromatic N) is 2. The zero-order valence-corrected chi connectivity index (χ0v) is 17.7. The fraction of sp³-hybridized carbons (Fsp3) is 0.111. The Morgan fingerprint density at radius 2 is 1.55 bits per heavy atom. The van der Waals surface area contributed by atoms with E-state index in [0.29, 0.717) is 23.5 Å². The topological polar surface area (TPSA) is 42.4 Å². The Labute approximate surface area is 182 Å². The first-order chi connectivity index (χ1) is 15.1. The van der Waals surface area contributed by atoms with Gasteiger partial charge in [-0.05, 0) is 42.0 Å². The van der Waals surface area contributed by atoms with Crippen molar-refractivity contribution in [2.75, 3.05) is 14.1 Å². The van der Waals surface area contributed by atoms with Gasteiger partial charge in [0.05, 0.1) is 11.2 Å². The molecule has 0 amide bonds. The van der Waals surface area contributed by atoms with Crippen molar-refractivity contribution < 1.29 is 9.53 Å². The summed E-state index contributed by atoms with van der Waals surface area (Å²) in [5.74, 6) is 0.673. The molecule has 154 valence electrons. The minimum Gasteiger partial charge on any atom is -0.487 e. The lowest BCUT2D eigenvalue weighted by Gasteiger charge is -2.12. The van der Waals surface area contributed by atoms with Gasteiger partial charge in [0.2, 0.25) is 0 Å². The van der Waals surface area contributed by atoms with E-state index in [9.17, 15) is 4.79 Å². The van der Waals surface area contributed by atoms with E-state index in [4.69, 9.17) is 4.74 Å². The molecule has 31 heavy (non-hydrogen) atoms. The van der Waals surface area contributed by atoms with Crippen LogP contribution in [0.25, 0.3) is 16.5 Å². The number of allylic oxidation sites excluding steroid dienone is 1. The molecule has 4 aromatic rings. The lowest BCUT2D eigenvalue weighted by atomic mass is 9.97. The van der Waals surface area contributed by atoms with Crippen LogP contribution in [0.15, 0.2) is 97.2 Å². The van der Waals surface area contributed by atoms with Crippen molar-refractivity contribution in [3.63, 3.8) is 0 Å². The molecule has 4 rings (SSSR count). The second-order valence-corrected chi connectivity index (χ2v) is 7.51. The number of fused-ring (bicyclic) bond motifs is 1. The van der Waals surface area contributed by atoms with Gasteiger partial charge >= 0.3 is 0 Å². The minimum atomic E-state index is -0.0253. The van der Waals surface area contributed by atoms with Crippen molar-refractivity contribution in [2.24, 2.45) is 0 Å². The molecule has 1 aromatic heterocycles. The van der Waals surface area contributed by atoms with Crippen LogP contribution in [0.2, 0.25) is 0 Å². The molecule has 4 heteroatoms. The molecule has 0 aliphatic carbocycles. The normalized spacial score (nSPS) is 11.4. The Bertz CT molecular complexity index is 1210. The van der Waals surface area contributed by atoms with E-state index in [1.54, 1.807) is 12.1 Å². The fourth-order valence-corrected chi connectivity index (χ4v) is 3.34. The largest absolute Gasteiger partial charge is 0.487 e. The monoisotopic (exact) mass is 408 g/mol. The summed E-state index contributed by atoms with van der Waals surface area (Å²) in [5.41, 5.74) is 3.97. The molecule has 0 N–H and O–H groups in total. The van der Waals surface area contributed by atoms with E-state index in [-0.39, 0.29) is 5.78 Å². The molecule has 0 saturated carbocycles. The second-order valence-electron chi connectivity index (χ2n) is 7.51. The van der Waals surface area contributed by atoms with Crippen LogP contribution in [-0.2, 0) is 6.61 Å². The summed E-state index contributed by atoms with van der Waals surface area (Å²) < 4.78 is 5.89. The second kappa shape index (κ2) is 9.26. The maximum Gasteiger partial charge on any atom is 0.195 e. The summed E-state index contributed by atoms with van der Waals surface area (Å²) in [7, 11) is 3.82. The van der Waals surface area contributed by atoms with E-state index in [1.807, 2.05) is 104 Å². The molecule has 4 nitrogen and oxygen atoms in total. The number of rotatable bonds is 7. The highest BCUT2D eigenvalue weighted by Crippen LogP contribution is 2.22. The van der Waals surface area contributed by atoms with Gasteiger partial charge in [0.25, 0.3) is 0 Å². The molecule has 0 atom stereocenters. The fourth-order valence-electron chi connectivity index (χ4n) is 3.34. The third kappa shape index (κ3) is 4.98. The molecule has 0 spiro atoms. The Morgan fingerprint density at radius 3 is 2.29 bits per heavy atom. The van der Waals surface area contributed by atoms with Crippen molar-refractivity contribution in [3.05, 3.63) is 114 Å². The summed E-state index contributed by atoms with van der Waals surface area (Å²) in [4.78, 5) is 19.7. The van der Waals surface area contributed by atoms with Crippen molar-refractivity contribution in [3.8, 4) is 5.75 Å². The van der Waals surface area contributed by atoms with Gasteiger partial charge in [-0.15, -0.1) is 0 Å². The predicted molar refractivity (Wildman–Crippen MR) is 125 cm³/mol. The third-order valence-electron chi connectivity index (χ3n) is 4.88. The van der Waals surface area contributed by atoms with Gasteiger partial charge in [-0.1, -0.05) is 54.6 Å². The van der Waals surface area contributed by atoms with Gasteiger partial charge in [0.1, 0.15) is 12.4 Å². The highest BCUT2D eigenvalue weighted by Gasteiger charge is 2.15. The summed E-state index contributed by atoms with van der Waals surface area (Å²) in [6.45, 7) is 0.369. The number of carbonyl (C=O) groups is 1. The molecule has 0 bridgehead atoms. The average molecular weight is 409 g/mol. The van der Waals surface area contributed by atoms with Crippen LogP contribution in [0.3, 0.4) is 0 Å². The van der Waals surface area contributed by atoms with Crippen LogP contribution < -0.4 is 4.74 Å². The average Bonchev–Trinajstić information content (AvgIpc) is 2.81. The van der Waals surface area contributed by atoms with Crippen molar-refractivity contribution in [1.82, 2.24) is 9.88 Å². The number of pyridine rings is 1. The Balaban J connectivity index is 1.48. The molecule has 0 saturated heterocycles. The number of carbonyl (C=O) groups excluding carboxylic acids is 1. The molecule has 0 aliphatic rings. The molecule has 1 heterocycles. The highest BCUT2D eigenvalue weighted by atomic mass is 16.5. The van der Waals surface area contributed by atoms with E-state index in [2.05, 4.69) is 4.98 Å². The number of ketones is 1. The number of hydrogen-bond acceptors (Lipinski definition) is 4. The molecular weight excluding hydrogens is 384 g/mol. The van der Waals surface area contributed by atoms with Crippen molar-refractivity contribution in [1.29, 1.82) is 0 Å². The van der Waals surface area contributed by atoms with Gasteiger partial charge < -0.3 is 9.64 Å². The SMILES string of the molecule is CN(C)/C=C(/C(=O)c1ccc(OCc2ccc3ccccc3n2)cc1)c1ccccc1. The first kappa shape index (κ1) is 20.4. The van der Waals surface area contributed by atoms with Crippen LogP contribution >= 0.6 is 0 Å². The van der Waals surface area contributed by atoms with Crippen LogP contribution in [0.1, 0.15) is 21.6 Å². The molecule has 0 aliphatic heterocycles. The van der Waals surface area contributed by atoms with E-state index >= 15 is 0 Å². The van der Waals surface area contributed by atoms with E-state index in [1.165, 1.54) is 0 Å². The standard InChI is InChI=1S/C27H24N2O2/c1-29(2)18-25(20-8-4-3-5-9-20)27(30)22-13-16-24(17-14-22)31-19-23-15-12-21-10-6-7-11-26(21)28-23/h3-18H,19H2,1-2H3/b25-18+. The summed E-state index contributed by atoms with van der Waals surface area (Å²) >= 11 is 0. The molecule has 0 radical (unpaired) electrons. The quantitative estimate of drug-likeness (QED) is 0.295. The van der Waals surface area contributed by atoms with E-state index < -0.39 is 0 Å². The van der Waals surface area contributed by atoms with E-state index in [0.717, 1.165) is 22.2 Å². The third-order valence-corrected chi connectivity index (χ3v) is 4.88. The van der Waals surface area contributed by atoms with Crippen LogP contribution in [0.5, 0.6) is 5.75 Å². The number of ether oxygens (including phenoxy) is 1. The summed E-state index contributed by atoms with van der Waals surface area (Å²) in [6.07, 6.45) is 1.85. The van der Waals surface area contributed by atoms with Gasteiger partial charge in [0, 0.05) is 36.8 Å². The maximum absolute atomic E-state index is 13.2. The van der Waals surface area contributed by atoms with Crippen LogP contribution in [-0.4, -0.2) is 29.8 Å². The number of hydrogen-bond donors (Lipinski definition) is 0. The van der Waals surface area contributed by atoms with Gasteiger partial charge in [-0.25, -0.2) is 4.98 Å². The van der Waals surface area contributed by atoms with Crippen molar-refractivity contribution >= 4 is 22.3 Å². The molecule has 0 fully saturated rings. The van der Waals surface area contributed by atoms with Crippen molar-refractivity contribution in [2.45, 2.75) is 6.61 Å². The number of Topliss-reactive ketones (excluding diaryl/α,β-unsaturated/α-hetero) is 1. The van der Waals surface area contributed by atoms with Gasteiger partial charge in [-0.3, -0.25) is 4.79 Å². The molecular formula is C27H24N2O2. The molecule has 3 aromatic carbocycles. The highest BCUT2D eigenvalue weighted by molar-refractivity contribution is 6.28. The molecule has 0 unspecified atom stereocenters. The Morgan fingerprint density at radius 1 is 0.839 bits per heavy atom.